The van der Waals surface area contributed by atoms with Gasteiger partial charge in [0.05, 0.1) is 17.5 Å². The number of anilines is 1. The summed E-state index contributed by atoms with van der Waals surface area (Å²) in [6.45, 7) is 6.98. The Bertz CT molecular complexity index is 1010. The molecule has 0 N–H and O–H groups in total. The van der Waals surface area contributed by atoms with Crippen LogP contribution < -0.4 is 4.90 Å². The second-order valence-electron chi connectivity index (χ2n) is 8.68. The number of carbonyl (C=O) groups excluding carboxylic acids is 3. The van der Waals surface area contributed by atoms with Crippen LogP contribution in [0.1, 0.15) is 38.5 Å². The van der Waals surface area contributed by atoms with Gasteiger partial charge >= 0.3 is 12.1 Å². The molecular formula is C25H30N2O5S. The highest BCUT2D eigenvalue weighted by Crippen LogP contribution is 2.47. The van der Waals surface area contributed by atoms with Crippen LogP contribution in [0, 0.1) is 0 Å². The van der Waals surface area contributed by atoms with Crippen LogP contribution in [-0.4, -0.2) is 54.7 Å². The van der Waals surface area contributed by atoms with Crippen molar-refractivity contribution in [1.82, 2.24) is 4.90 Å². The second-order valence-corrected chi connectivity index (χ2v) is 9.87. The summed E-state index contributed by atoms with van der Waals surface area (Å²) in [4.78, 5) is 43.0. The fourth-order valence-corrected chi connectivity index (χ4v) is 5.11. The van der Waals surface area contributed by atoms with E-state index >= 15 is 0 Å². The average Bonchev–Trinajstić information content (AvgIpc) is 2.88. The maximum Gasteiger partial charge on any atom is 0.410 e. The third-order valence-electron chi connectivity index (χ3n) is 5.02. The lowest BCUT2D eigenvalue weighted by molar-refractivity contribution is -0.153. The van der Waals surface area contributed by atoms with Crippen molar-refractivity contribution in [3.8, 4) is 0 Å². The van der Waals surface area contributed by atoms with E-state index in [0.29, 0.717) is 5.69 Å². The van der Waals surface area contributed by atoms with E-state index in [1.807, 2.05) is 48.5 Å². The first kappa shape index (κ1) is 24.6. The molecule has 0 radical (unpaired) electrons. The van der Waals surface area contributed by atoms with Crippen LogP contribution in [0.2, 0.25) is 0 Å². The molecule has 0 saturated carbocycles. The van der Waals surface area contributed by atoms with Gasteiger partial charge in [0.1, 0.15) is 18.2 Å². The molecule has 33 heavy (non-hydrogen) atoms. The van der Waals surface area contributed by atoms with Crippen molar-refractivity contribution in [3.05, 3.63) is 60.2 Å². The van der Waals surface area contributed by atoms with E-state index in [1.54, 1.807) is 40.8 Å². The Kier molecular flexibility index (Phi) is 7.68. The second kappa shape index (κ2) is 10.3. The fourth-order valence-electron chi connectivity index (χ4n) is 3.66. The first-order valence-corrected chi connectivity index (χ1v) is 11.7. The largest absolute Gasteiger partial charge is 0.459 e. The van der Waals surface area contributed by atoms with Crippen LogP contribution in [0.4, 0.5) is 10.5 Å². The topological polar surface area (TPSA) is 76.2 Å². The highest BCUT2D eigenvalue weighted by molar-refractivity contribution is 7.99. The molecule has 8 heteroatoms. The van der Waals surface area contributed by atoms with Gasteiger partial charge in [-0.2, -0.15) is 0 Å². The number of ether oxygens (including phenoxy) is 2. The molecule has 176 valence electrons. The zero-order valence-corrected chi connectivity index (χ0v) is 20.4. The van der Waals surface area contributed by atoms with Crippen molar-refractivity contribution in [1.29, 1.82) is 0 Å². The van der Waals surface area contributed by atoms with E-state index in [2.05, 4.69) is 0 Å². The monoisotopic (exact) mass is 470 g/mol. The maximum absolute atomic E-state index is 14.0. The zero-order chi connectivity index (χ0) is 24.2. The minimum atomic E-state index is -0.897. The first-order chi connectivity index (χ1) is 15.6. The van der Waals surface area contributed by atoms with Gasteiger partial charge in [-0.3, -0.25) is 19.4 Å². The van der Waals surface area contributed by atoms with Crippen LogP contribution >= 0.6 is 11.8 Å². The Balaban J connectivity index is 2.09. The third-order valence-corrected chi connectivity index (χ3v) is 6.41. The Labute approximate surface area is 199 Å². The summed E-state index contributed by atoms with van der Waals surface area (Å²) in [5, 5.41) is -0.405. The molecule has 0 fully saturated rings. The summed E-state index contributed by atoms with van der Waals surface area (Å²) in [5.41, 5.74) is 0.818. The normalized spacial score (nSPS) is 18.2. The molecule has 1 aliphatic heterocycles. The Hall–Kier alpha value is -3.00. The van der Waals surface area contributed by atoms with E-state index in [0.717, 1.165) is 10.5 Å². The van der Waals surface area contributed by atoms with E-state index in [-0.39, 0.29) is 19.1 Å². The number of likely N-dealkylation sites (N-methyl/N-ethyl adjacent to an activating group) is 1. The Morgan fingerprint density at radius 1 is 1.06 bits per heavy atom. The van der Waals surface area contributed by atoms with E-state index in [1.165, 1.54) is 21.6 Å². The predicted octanol–water partition coefficient (Wildman–Crippen LogP) is 4.67. The molecule has 2 aromatic carbocycles. The molecule has 0 bridgehead atoms. The number of benzene rings is 2. The molecule has 0 aromatic heterocycles. The van der Waals surface area contributed by atoms with E-state index in [4.69, 9.17) is 9.47 Å². The number of fused-ring (bicyclic) bond motifs is 1. The molecule has 2 atom stereocenters. The summed E-state index contributed by atoms with van der Waals surface area (Å²) >= 11 is 1.49. The number of hydrogen-bond donors (Lipinski definition) is 0. The number of carbonyl (C=O) groups is 3. The van der Waals surface area contributed by atoms with Crippen molar-refractivity contribution < 1.29 is 23.9 Å². The summed E-state index contributed by atoms with van der Waals surface area (Å²) in [6, 6.07) is 16.1. The lowest BCUT2D eigenvalue weighted by Gasteiger charge is -2.33. The standard InChI is InChI=1S/C25H30N2O5S/c1-6-31-24(30)26(5)21-22(17-12-8-7-9-13-17)33-19-15-11-10-14-18(19)27(23(21)29)16-20(28)32-25(2,3)4/h7-15,21-22H,6,16H2,1-5H3. The Morgan fingerprint density at radius 3 is 2.33 bits per heavy atom. The summed E-state index contributed by atoms with van der Waals surface area (Å²) < 4.78 is 10.7. The number of nitrogens with zero attached hydrogens (tertiary/aromatic N) is 2. The van der Waals surface area contributed by atoms with Gasteiger partial charge in [-0.05, 0) is 45.4 Å². The molecule has 1 aliphatic rings. The lowest BCUT2D eigenvalue weighted by atomic mass is 10.0. The highest BCUT2D eigenvalue weighted by Gasteiger charge is 2.43. The minimum Gasteiger partial charge on any atom is -0.459 e. The number of thioether (sulfide) groups is 1. The molecule has 2 amide bonds. The van der Waals surface area contributed by atoms with Gasteiger partial charge in [-0.15, -0.1) is 11.8 Å². The van der Waals surface area contributed by atoms with E-state index < -0.39 is 29.0 Å². The van der Waals surface area contributed by atoms with Crippen molar-refractivity contribution >= 4 is 35.4 Å². The van der Waals surface area contributed by atoms with Crippen molar-refractivity contribution in [2.75, 3.05) is 25.1 Å². The van der Waals surface area contributed by atoms with Crippen LogP contribution in [-0.2, 0) is 19.1 Å². The molecule has 2 aromatic rings. The number of rotatable bonds is 5. The van der Waals surface area contributed by atoms with Crippen molar-refractivity contribution in [2.45, 2.75) is 49.5 Å². The lowest BCUT2D eigenvalue weighted by Crippen LogP contribution is -2.52. The summed E-state index contributed by atoms with van der Waals surface area (Å²) in [7, 11) is 1.55. The number of amides is 2. The van der Waals surface area contributed by atoms with Crippen molar-refractivity contribution in [2.24, 2.45) is 0 Å². The average molecular weight is 471 g/mol. The number of esters is 1. The van der Waals surface area contributed by atoms with Crippen LogP contribution in [0.25, 0.3) is 0 Å². The van der Waals surface area contributed by atoms with Gasteiger partial charge in [0, 0.05) is 11.9 Å². The van der Waals surface area contributed by atoms with Gasteiger partial charge < -0.3 is 9.47 Å². The van der Waals surface area contributed by atoms with E-state index in [9.17, 15) is 14.4 Å². The first-order valence-electron chi connectivity index (χ1n) is 10.9. The molecule has 0 spiro atoms. The molecule has 0 aliphatic carbocycles. The highest BCUT2D eigenvalue weighted by atomic mass is 32.2. The zero-order valence-electron chi connectivity index (χ0n) is 19.6. The SMILES string of the molecule is CCOC(=O)N(C)C1C(=O)N(CC(=O)OC(C)(C)C)c2ccccc2SC1c1ccccc1. The van der Waals surface area contributed by atoms with Crippen LogP contribution in [0.15, 0.2) is 59.5 Å². The molecule has 0 saturated heterocycles. The van der Waals surface area contributed by atoms with Gasteiger partial charge in [0.15, 0.2) is 0 Å². The Morgan fingerprint density at radius 2 is 1.70 bits per heavy atom. The van der Waals surface area contributed by atoms with Crippen molar-refractivity contribution in [3.63, 3.8) is 0 Å². The fraction of sp³-hybridized carbons (Fsp3) is 0.400. The molecule has 1 heterocycles. The predicted molar refractivity (Wildman–Crippen MR) is 128 cm³/mol. The quantitative estimate of drug-likeness (QED) is 0.592. The van der Waals surface area contributed by atoms with Crippen LogP contribution in [0.5, 0.6) is 0 Å². The van der Waals surface area contributed by atoms with Crippen LogP contribution in [0.3, 0.4) is 0 Å². The summed E-state index contributed by atoms with van der Waals surface area (Å²) in [6.07, 6.45) is -0.597. The number of hydrogen-bond acceptors (Lipinski definition) is 6. The smallest absolute Gasteiger partial charge is 0.410 e. The maximum atomic E-state index is 14.0. The molecular weight excluding hydrogens is 440 g/mol. The molecule has 3 rings (SSSR count). The third kappa shape index (κ3) is 5.87. The summed E-state index contributed by atoms with van der Waals surface area (Å²) in [5.74, 6) is -0.894. The molecule has 7 nitrogen and oxygen atoms in total. The van der Waals surface area contributed by atoms with Gasteiger partial charge in [0.2, 0.25) is 0 Å². The molecule has 2 unspecified atom stereocenters. The van der Waals surface area contributed by atoms with Gasteiger partial charge in [0.25, 0.3) is 5.91 Å². The minimum absolute atomic E-state index is 0.190. The van der Waals surface area contributed by atoms with Gasteiger partial charge in [-0.1, -0.05) is 42.5 Å². The van der Waals surface area contributed by atoms with Gasteiger partial charge in [-0.25, -0.2) is 4.79 Å². The number of para-hydroxylation sites is 1.